The summed E-state index contributed by atoms with van der Waals surface area (Å²) < 4.78 is 4.88. The van der Waals surface area contributed by atoms with E-state index in [0.29, 0.717) is 16.9 Å². The lowest BCUT2D eigenvalue weighted by Gasteiger charge is -2.06. The van der Waals surface area contributed by atoms with E-state index in [4.69, 9.17) is 16.3 Å². The first-order valence-electron chi connectivity index (χ1n) is 4.19. The van der Waals surface area contributed by atoms with Crippen molar-refractivity contribution in [1.82, 2.24) is 9.97 Å². The van der Waals surface area contributed by atoms with Gasteiger partial charge in [-0.05, 0) is 6.42 Å². The van der Waals surface area contributed by atoms with Gasteiger partial charge in [-0.1, -0.05) is 17.7 Å². The predicted octanol–water partition coefficient (Wildman–Crippen LogP) is 2.13. The first-order valence-corrected chi connectivity index (χ1v) is 4.57. The third-order valence-corrected chi connectivity index (χ3v) is 1.82. The molecular weight excluding hydrogens is 202 g/mol. The topological polar surface area (TPSA) is 47.0 Å². The molecule has 0 saturated carbocycles. The van der Waals surface area contributed by atoms with Crippen LogP contribution in [-0.4, -0.2) is 23.6 Å². The van der Waals surface area contributed by atoms with E-state index in [2.05, 4.69) is 21.9 Å². The lowest BCUT2D eigenvalue weighted by Crippen LogP contribution is -2.04. The summed E-state index contributed by atoms with van der Waals surface area (Å²) in [6.45, 7) is 4.36. The first kappa shape index (κ1) is 10.8. The average Bonchev–Trinajstić information content (AvgIpc) is 2.21. The second-order valence-electron chi connectivity index (χ2n) is 2.56. The first-order chi connectivity index (χ1) is 6.77. The molecule has 0 bridgehead atoms. The van der Waals surface area contributed by atoms with Gasteiger partial charge < -0.3 is 10.1 Å². The van der Waals surface area contributed by atoms with Crippen molar-refractivity contribution in [1.29, 1.82) is 0 Å². The fourth-order valence-corrected chi connectivity index (χ4v) is 1.02. The van der Waals surface area contributed by atoms with Gasteiger partial charge >= 0.3 is 6.01 Å². The van der Waals surface area contributed by atoms with E-state index in [9.17, 15) is 0 Å². The minimum absolute atomic E-state index is 0.301. The fourth-order valence-electron chi connectivity index (χ4n) is 0.866. The fraction of sp³-hybridized carbons (Fsp3) is 0.333. The highest BCUT2D eigenvalue weighted by atomic mass is 35.5. The summed E-state index contributed by atoms with van der Waals surface area (Å²) in [6, 6.07) is 0.301. The highest BCUT2D eigenvalue weighted by molar-refractivity contribution is 6.32. The van der Waals surface area contributed by atoms with Crippen LogP contribution in [0.3, 0.4) is 0 Å². The Morgan fingerprint density at radius 1 is 1.71 bits per heavy atom. The molecule has 1 heterocycles. The summed E-state index contributed by atoms with van der Waals surface area (Å²) in [5.74, 6) is 0.584. The Hall–Kier alpha value is -1.29. The largest absolute Gasteiger partial charge is 0.467 e. The second-order valence-corrected chi connectivity index (χ2v) is 2.96. The van der Waals surface area contributed by atoms with Crippen molar-refractivity contribution in [2.24, 2.45) is 0 Å². The number of hydrogen-bond donors (Lipinski definition) is 1. The number of methoxy groups -OCH3 is 1. The Balaban J connectivity index is 2.68. The molecule has 0 aliphatic rings. The van der Waals surface area contributed by atoms with Crippen molar-refractivity contribution < 1.29 is 4.74 Å². The maximum Gasteiger partial charge on any atom is 0.318 e. The molecule has 0 fully saturated rings. The van der Waals surface area contributed by atoms with Gasteiger partial charge in [0.05, 0.1) is 13.3 Å². The molecule has 0 saturated heterocycles. The molecule has 0 aromatic carbocycles. The molecule has 0 atom stereocenters. The average molecular weight is 214 g/mol. The summed E-state index contributed by atoms with van der Waals surface area (Å²) in [5.41, 5.74) is 0. The number of rotatable bonds is 5. The minimum atomic E-state index is 0.301. The molecule has 5 heteroatoms. The molecule has 0 radical (unpaired) electrons. The molecule has 1 aromatic rings. The molecule has 0 unspecified atom stereocenters. The Morgan fingerprint density at radius 3 is 3.14 bits per heavy atom. The molecule has 1 rings (SSSR count). The van der Waals surface area contributed by atoms with Crippen LogP contribution < -0.4 is 10.1 Å². The van der Waals surface area contributed by atoms with Gasteiger partial charge in [0, 0.05) is 6.54 Å². The summed E-state index contributed by atoms with van der Waals surface area (Å²) in [6.07, 6.45) is 4.17. The highest BCUT2D eigenvalue weighted by Crippen LogP contribution is 2.19. The van der Waals surface area contributed by atoms with E-state index in [1.807, 2.05) is 6.08 Å². The molecule has 0 aliphatic heterocycles. The van der Waals surface area contributed by atoms with Crippen molar-refractivity contribution >= 4 is 17.4 Å². The van der Waals surface area contributed by atoms with Gasteiger partial charge in [0.25, 0.3) is 0 Å². The van der Waals surface area contributed by atoms with E-state index in [-0.39, 0.29) is 0 Å². The summed E-state index contributed by atoms with van der Waals surface area (Å²) in [4.78, 5) is 7.91. The molecule has 0 amide bonds. The zero-order valence-electron chi connectivity index (χ0n) is 7.96. The smallest absolute Gasteiger partial charge is 0.318 e. The molecule has 1 aromatic heterocycles. The van der Waals surface area contributed by atoms with Crippen molar-refractivity contribution in [2.75, 3.05) is 19.0 Å². The van der Waals surface area contributed by atoms with Crippen LogP contribution in [-0.2, 0) is 0 Å². The normalized spacial score (nSPS) is 9.57. The van der Waals surface area contributed by atoms with Crippen LogP contribution in [0.4, 0.5) is 5.82 Å². The van der Waals surface area contributed by atoms with E-state index >= 15 is 0 Å². The molecular formula is C9H12ClN3O. The van der Waals surface area contributed by atoms with Gasteiger partial charge in [0.2, 0.25) is 0 Å². The second kappa shape index (κ2) is 5.44. The Kier molecular flexibility index (Phi) is 4.19. The quantitative estimate of drug-likeness (QED) is 0.601. The number of halogens is 1. The zero-order chi connectivity index (χ0) is 10.4. The van der Waals surface area contributed by atoms with Crippen LogP contribution in [0.2, 0.25) is 5.02 Å². The van der Waals surface area contributed by atoms with Crippen LogP contribution in [0.25, 0.3) is 0 Å². The lowest BCUT2D eigenvalue weighted by atomic mass is 10.4. The van der Waals surface area contributed by atoms with Crippen LogP contribution in [0.5, 0.6) is 6.01 Å². The van der Waals surface area contributed by atoms with Gasteiger partial charge in [0.15, 0.2) is 5.82 Å². The Labute approximate surface area is 88.0 Å². The van der Waals surface area contributed by atoms with Gasteiger partial charge in [0.1, 0.15) is 5.02 Å². The lowest BCUT2D eigenvalue weighted by molar-refractivity contribution is 0.380. The van der Waals surface area contributed by atoms with Crippen molar-refractivity contribution in [2.45, 2.75) is 6.42 Å². The minimum Gasteiger partial charge on any atom is -0.467 e. The number of nitrogens with zero attached hydrogens (tertiary/aromatic N) is 2. The third-order valence-electron chi connectivity index (χ3n) is 1.55. The molecule has 0 spiro atoms. The molecule has 4 nitrogen and oxygen atoms in total. The molecule has 76 valence electrons. The Morgan fingerprint density at radius 2 is 2.50 bits per heavy atom. The maximum absolute atomic E-state index is 5.86. The van der Waals surface area contributed by atoms with Gasteiger partial charge in [-0.2, -0.15) is 4.98 Å². The van der Waals surface area contributed by atoms with Crippen molar-refractivity contribution in [3.63, 3.8) is 0 Å². The highest BCUT2D eigenvalue weighted by Gasteiger charge is 2.03. The van der Waals surface area contributed by atoms with E-state index in [0.717, 1.165) is 13.0 Å². The van der Waals surface area contributed by atoms with Gasteiger partial charge in [-0.15, -0.1) is 6.58 Å². The number of hydrogen-bond acceptors (Lipinski definition) is 4. The van der Waals surface area contributed by atoms with Gasteiger partial charge in [-0.3, -0.25) is 0 Å². The standard InChI is InChI=1S/C9H12ClN3O/c1-3-4-5-11-8-7(10)6-12-9(13-8)14-2/h3,6H,1,4-5H2,2H3,(H,11,12,13). The van der Waals surface area contributed by atoms with Crippen LogP contribution >= 0.6 is 11.6 Å². The number of anilines is 1. The molecule has 14 heavy (non-hydrogen) atoms. The summed E-state index contributed by atoms with van der Waals surface area (Å²) in [7, 11) is 1.51. The monoisotopic (exact) mass is 213 g/mol. The predicted molar refractivity (Wildman–Crippen MR) is 56.9 cm³/mol. The SMILES string of the molecule is C=CCCNc1nc(OC)ncc1Cl. The summed E-state index contributed by atoms with van der Waals surface area (Å²) in [5, 5.41) is 3.54. The third kappa shape index (κ3) is 2.88. The maximum atomic E-state index is 5.86. The van der Waals surface area contributed by atoms with E-state index in [1.165, 1.54) is 13.3 Å². The van der Waals surface area contributed by atoms with Crippen LogP contribution in [0, 0.1) is 0 Å². The van der Waals surface area contributed by atoms with Crippen LogP contribution in [0.1, 0.15) is 6.42 Å². The van der Waals surface area contributed by atoms with E-state index < -0.39 is 0 Å². The zero-order valence-corrected chi connectivity index (χ0v) is 8.71. The molecule has 1 N–H and O–H groups in total. The van der Waals surface area contributed by atoms with Crippen LogP contribution in [0.15, 0.2) is 18.9 Å². The van der Waals surface area contributed by atoms with Crippen molar-refractivity contribution in [3.8, 4) is 6.01 Å². The Bertz CT molecular complexity index is 317. The van der Waals surface area contributed by atoms with Crippen molar-refractivity contribution in [3.05, 3.63) is 23.9 Å². The summed E-state index contributed by atoms with van der Waals surface area (Å²) >= 11 is 5.86. The number of aromatic nitrogens is 2. The number of ether oxygens (including phenoxy) is 1. The van der Waals surface area contributed by atoms with E-state index in [1.54, 1.807) is 0 Å². The van der Waals surface area contributed by atoms with Gasteiger partial charge in [-0.25, -0.2) is 4.98 Å². The number of nitrogens with one attached hydrogen (secondary N) is 1. The molecule has 0 aliphatic carbocycles.